The maximum atomic E-state index is 11.2. The van der Waals surface area contributed by atoms with Crippen molar-refractivity contribution in [3.63, 3.8) is 0 Å². The largest absolute Gasteiger partial charge is 0.281 e. The Labute approximate surface area is 124 Å². The van der Waals surface area contributed by atoms with Crippen LogP contribution < -0.4 is 0 Å². The number of hydrogen-bond donors (Lipinski definition) is 0. The van der Waals surface area contributed by atoms with Crippen molar-refractivity contribution in [3.8, 4) is 0 Å². The van der Waals surface area contributed by atoms with Crippen molar-refractivity contribution < 1.29 is 4.79 Å². The maximum absolute atomic E-state index is 11.2. The van der Waals surface area contributed by atoms with Gasteiger partial charge in [-0.05, 0) is 60.7 Å². The van der Waals surface area contributed by atoms with Gasteiger partial charge in [0.15, 0.2) is 0 Å². The van der Waals surface area contributed by atoms with E-state index in [1.54, 1.807) is 0 Å². The van der Waals surface area contributed by atoms with Gasteiger partial charge in [0.2, 0.25) is 5.24 Å². The van der Waals surface area contributed by atoms with Crippen LogP contribution in [0.4, 0.5) is 0 Å². The van der Waals surface area contributed by atoms with Crippen LogP contribution in [-0.4, -0.2) is 5.24 Å². The van der Waals surface area contributed by atoms with Crippen LogP contribution >= 0.6 is 27.5 Å². The molecule has 94 valence electrons. The summed E-state index contributed by atoms with van der Waals surface area (Å²) < 4.78 is 1.06. The van der Waals surface area contributed by atoms with E-state index in [-0.39, 0.29) is 11.7 Å². The molecular formula is C16H10BrClO. The second kappa shape index (κ2) is 4.95. The van der Waals surface area contributed by atoms with Crippen molar-refractivity contribution in [2.75, 3.05) is 0 Å². The third kappa shape index (κ3) is 2.26. The molecule has 0 radical (unpaired) electrons. The molecule has 0 atom stereocenters. The minimum atomic E-state index is -0.336. The summed E-state index contributed by atoms with van der Waals surface area (Å²) in [6.45, 7) is 0. The molecule has 19 heavy (non-hydrogen) atoms. The molecule has 0 saturated heterocycles. The van der Waals surface area contributed by atoms with Crippen molar-refractivity contribution in [1.29, 1.82) is 0 Å². The van der Waals surface area contributed by atoms with Crippen LogP contribution in [-0.2, 0) is 11.2 Å². The van der Waals surface area contributed by atoms with Crippen LogP contribution in [0.3, 0.4) is 0 Å². The molecule has 1 nitrogen and oxygen atoms in total. The molecule has 0 saturated carbocycles. The Kier molecular flexibility index (Phi) is 3.29. The number of benzene rings is 3. The van der Waals surface area contributed by atoms with Crippen LogP contribution in [0.5, 0.6) is 0 Å². The van der Waals surface area contributed by atoms with E-state index in [1.807, 2.05) is 30.3 Å². The number of hydrogen-bond acceptors (Lipinski definition) is 1. The molecule has 0 aliphatic heterocycles. The molecule has 3 aromatic rings. The Bertz CT molecular complexity index is 795. The number of rotatable bonds is 2. The first-order chi connectivity index (χ1) is 9.16. The highest BCUT2D eigenvalue weighted by Crippen LogP contribution is 2.34. The molecule has 0 unspecified atom stereocenters. The lowest BCUT2D eigenvalue weighted by atomic mass is 9.98. The van der Waals surface area contributed by atoms with E-state index in [9.17, 15) is 4.79 Å². The van der Waals surface area contributed by atoms with E-state index in [4.69, 9.17) is 11.6 Å². The summed E-state index contributed by atoms with van der Waals surface area (Å²) >= 11 is 9.18. The summed E-state index contributed by atoms with van der Waals surface area (Å²) in [5, 5.41) is 4.16. The summed E-state index contributed by atoms with van der Waals surface area (Å²) in [6.07, 6.45) is 0.254. The van der Waals surface area contributed by atoms with E-state index < -0.39 is 0 Å². The van der Waals surface area contributed by atoms with Gasteiger partial charge in [-0.15, -0.1) is 0 Å². The molecular weight excluding hydrogens is 324 g/mol. The zero-order chi connectivity index (χ0) is 13.4. The SMILES string of the molecule is O=C(Cl)Cc1cccc2c(Br)c3ccccc3cc12. The standard InChI is InChI=1S/C16H10BrClO/c17-16-12-6-2-1-4-10(12)8-14-11(9-15(18)19)5-3-7-13(14)16/h1-8H,9H2. The summed E-state index contributed by atoms with van der Waals surface area (Å²) in [5.74, 6) is 0. The van der Waals surface area contributed by atoms with Gasteiger partial charge < -0.3 is 0 Å². The first kappa shape index (κ1) is 12.6. The smallest absolute Gasteiger partial charge is 0.226 e. The quantitative estimate of drug-likeness (QED) is 0.473. The van der Waals surface area contributed by atoms with Gasteiger partial charge in [0.05, 0.1) is 0 Å². The van der Waals surface area contributed by atoms with Crippen LogP contribution in [0, 0.1) is 0 Å². The summed E-state index contributed by atoms with van der Waals surface area (Å²) in [5.41, 5.74) is 0.962. The minimum absolute atomic E-state index is 0.254. The second-order valence-electron chi connectivity index (χ2n) is 4.46. The van der Waals surface area contributed by atoms with Gasteiger partial charge in [0.25, 0.3) is 0 Å². The normalized spacial score (nSPS) is 11.1. The first-order valence-corrected chi connectivity index (χ1v) is 7.11. The van der Waals surface area contributed by atoms with E-state index in [1.165, 1.54) is 5.39 Å². The Morgan fingerprint density at radius 2 is 1.74 bits per heavy atom. The molecule has 3 heteroatoms. The third-order valence-corrected chi connectivity index (χ3v) is 4.25. The molecule has 3 rings (SSSR count). The van der Waals surface area contributed by atoms with Crippen molar-refractivity contribution >= 4 is 54.3 Å². The molecule has 0 aromatic heterocycles. The van der Waals surface area contributed by atoms with Crippen LogP contribution in [0.25, 0.3) is 21.5 Å². The van der Waals surface area contributed by atoms with Crippen molar-refractivity contribution in [3.05, 3.63) is 58.6 Å². The molecule has 0 N–H and O–H groups in total. The zero-order valence-electron chi connectivity index (χ0n) is 9.99. The predicted octanol–water partition coefficient (Wildman–Crippen LogP) is 5.06. The lowest BCUT2D eigenvalue weighted by molar-refractivity contribution is -0.111. The highest BCUT2D eigenvalue weighted by Gasteiger charge is 2.09. The van der Waals surface area contributed by atoms with Gasteiger partial charge in [-0.1, -0.05) is 42.5 Å². The third-order valence-electron chi connectivity index (χ3n) is 3.26. The summed E-state index contributed by atoms with van der Waals surface area (Å²) in [6, 6.07) is 16.2. The lowest BCUT2D eigenvalue weighted by Crippen LogP contribution is -1.95. The van der Waals surface area contributed by atoms with Gasteiger partial charge >= 0.3 is 0 Å². The van der Waals surface area contributed by atoms with Crippen LogP contribution in [0.2, 0.25) is 0 Å². The molecule has 0 aliphatic carbocycles. The fraction of sp³-hybridized carbons (Fsp3) is 0.0625. The highest BCUT2D eigenvalue weighted by atomic mass is 79.9. The molecule has 0 bridgehead atoms. The van der Waals surface area contributed by atoms with Crippen molar-refractivity contribution in [1.82, 2.24) is 0 Å². The molecule has 0 fully saturated rings. The molecule has 0 spiro atoms. The highest BCUT2D eigenvalue weighted by molar-refractivity contribution is 9.10. The summed E-state index contributed by atoms with van der Waals surface area (Å²) in [7, 11) is 0. The van der Waals surface area contributed by atoms with Crippen LogP contribution in [0.1, 0.15) is 5.56 Å². The number of carbonyl (C=O) groups is 1. The number of fused-ring (bicyclic) bond motifs is 2. The average Bonchev–Trinajstić information content (AvgIpc) is 2.40. The first-order valence-electron chi connectivity index (χ1n) is 5.94. The fourth-order valence-electron chi connectivity index (χ4n) is 2.40. The topological polar surface area (TPSA) is 17.1 Å². The zero-order valence-corrected chi connectivity index (χ0v) is 12.3. The number of halogens is 2. The minimum Gasteiger partial charge on any atom is -0.281 e. The Morgan fingerprint density at radius 1 is 1.00 bits per heavy atom. The van der Waals surface area contributed by atoms with Crippen LogP contribution in [0.15, 0.2) is 53.0 Å². The van der Waals surface area contributed by atoms with Gasteiger partial charge in [0.1, 0.15) is 0 Å². The second-order valence-corrected chi connectivity index (χ2v) is 5.67. The van der Waals surface area contributed by atoms with Gasteiger partial charge in [-0.25, -0.2) is 0 Å². The van der Waals surface area contributed by atoms with E-state index >= 15 is 0 Å². The summed E-state index contributed by atoms with van der Waals surface area (Å²) in [4.78, 5) is 11.2. The van der Waals surface area contributed by atoms with E-state index in [2.05, 4.69) is 34.1 Å². The Balaban J connectivity index is 2.40. The van der Waals surface area contributed by atoms with Crippen molar-refractivity contribution in [2.24, 2.45) is 0 Å². The Morgan fingerprint density at radius 3 is 2.53 bits per heavy atom. The van der Waals surface area contributed by atoms with E-state index in [0.29, 0.717) is 0 Å². The van der Waals surface area contributed by atoms with Gasteiger partial charge in [-0.2, -0.15) is 0 Å². The fourth-order valence-corrected chi connectivity index (χ4v) is 3.25. The molecule has 0 heterocycles. The average molecular weight is 334 g/mol. The predicted molar refractivity (Wildman–Crippen MR) is 83.7 cm³/mol. The lowest BCUT2D eigenvalue weighted by Gasteiger charge is -2.09. The van der Waals surface area contributed by atoms with Gasteiger partial charge in [-0.3, -0.25) is 4.79 Å². The van der Waals surface area contributed by atoms with Gasteiger partial charge in [0, 0.05) is 10.9 Å². The van der Waals surface area contributed by atoms with Crippen molar-refractivity contribution in [2.45, 2.75) is 6.42 Å². The molecule has 0 aliphatic rings. The maximum Gasteiger partial charge on any atom is 0.226 e. The Hall–Kier alpha value is -1.38. The number of carbonyl (C=O) groups excluding carboxylic acids is 1. The monoisotopic (exact) mass is 332 g/mol. The molecule has 3 aromatic carbocycles. The van der Waals surface area contributed by atoms with E-state index in [0.717, 1.165) is 26.2 Å². The molecule has 0 amide bonds.